The Hall–Kier alpha value is -8.40. The zero-order valence-electron chi connectivity index (χ0n) is 34.4. The summed E-state index contributed by atoms with van der Waals surface area (Å²) in [7, 11) is 0. The molecule has 0 spiro atoms. The van der Waals surface area contributed by atoms with Crippen molar-refractivity contribution in [1.29, 1.82) is 0 Å². The van der Waals surface area contributed by atoms with Crippen molar-refractivity contribution in [3.8, 4) is 44.9 Å². The number of anilines is 6. The Morgan fingerprint density at radius 2 is 0.603 bits per heavy atom. The van der Waals surface area contributed by atoms with Crippen molar-refractivity contribution in [2.45, 2.75) is 0 Å². The lowest BCUT2D eigenvalue weighted by Gasteiger charge is -2.29. The van der Waals surface area contributed by atoms with E-state index in [0.29, 0.717) is 0 Å². The summed E-state index contributed by atoms with van der Waals surface area (Å²) >= 11 is 0. The number of para-hydroxylation sites is 5. The first kappa shape index (κ1) is 36.5. The van der Waals surface area contributed by atoms with Crippen molar-refractivity contribution < 1.29 is 4.74 Å². The third-order valence-corrected chi connectivity index (χ3v) is 12.4. The number of nitrogens with zero attached hydrogens (tertiary/aromatic N) is 2. The van der Waals surface area contributed by atoms with E-state index in [1.165, 1.54) is 5.56 Å². The molecule has 12 rings (SSSR count). The van der Waals surface area contributed by atoms with Gasteiger partial charge in [-0.25, -0.2) is 0 Å². The molecule has 0 atom stereocenters. The average Bonchev–Trinajstić information content (AvgIpc) is 3.36. The topological polar surface area (TPSA) is 15.7 Å². The molecule has 0 aliphatic carbocycles. The van der Waals surface area contributed by atoms with Crippen LogP contribution in [-0.2, 0) is 0 Å². The second-order valence-electron chi connectivity index (χ2n) is 16.0. The second kappa shape index (κ2) is 15.3. The summed E-state index contributed by atoms with van der Waals surface area (Å²) in [5.41, 5.74) is 13.3. The largest absolute Gasteiger partial charge is 0.455 e. The summed E-state index contributed by atoms with van der Waals surface area (Å²) in [6.45, 7) is 0. The van der Waals surface area contributed by atoms with Crippen LogP contribution in [-0.4, -0.2) is 0 Å². The van der Waals surface area contributed by atoms with E-state index >= 15 is 0 Å². The van der Waals surface area contributed by atoms with Gasteiger partial charge in [-0.05, 0) is 99.6 Å². The van der Waals surface area contributed by atoms with Gasteiger partial charge in [-0.3, -0.25) is 0 Å². The van der Waals surface area contributed by atoms with Gasteiger partial charge in [-0.2, -0.15) is 0 Å². The minimum Gasteiger partial charge on any atom is -0.455 e. The predicted molar refractivity (Wildman–Crippen MR) is 265 cm³/mol. The maximum atomic E-state index is 7.43. The minimum atomic E-state index is 0.867. The molecule has 0 saturated heterocycles. The van der Waals surface area contributed by atoms with Gasteiger partial charge in [0, 0.05) is 55.6 Å². The van der Waals surface area contributed by atoms with Crippen molar-refractivity contribution in [1.82, 2.24) is 0 Å². The Labute approximate surface area is 367 Å². The second-order valence-corrected chi connectivity index (χ2v) is 16.0. The molecule has 3 heteroatoms. The first-order chi connectivity index (χ1) is 31.3. The number of hydrogen-bond acceptors (Lipinski definition) is 3. The van der Waals surface area contributed by atoms with E-state index in [2.05, 4.69) is 252 Å². The smallest absolute Gasteiger partial charge is 0.143 e. The maximum absolute atomic E-state index is 7.43. The van der Waals surface area contributed by atoms with E-state index in [1.54, 1.807) is 0 Å². The molecule has 1 aliphatic heterocycles. The highest BCUT2D eigenvalue weighted by Crippen LogP contribution is 2.55. The van der Waals surface area contributed by atoms with Crippen LogP contribution in [0.5, 0.6) is 11.5 Å². The molecule has 296 valence electrons. The fraction of sp³-hybridized carbons (Fsp3) is 0. The molecule has 11 aromatic carbocycles. The molecule has 0 radical (unpaired) electrons. The molecule has 1 heterocycles. The Morgan fingerprint density at radius 1 is 0.238 bits per heavy atom. The molecule has 11 aromatic rings. The lowest BCUT2D eigenvalue weighted by molar-refractivity contribution is 0.490. The van der Waals surface area contributed by atoms with Crippen LogP contribution in [0.15, 0.2) is 243 Å². The standard InChI is InChI=1S/C60H40N2O/c1-5-20-42(21-6-1)61(43-22-7-2-8-23-43)56-39-37-48(46-28-13-15-30-50(46)56)53-33-18-34-54-52-32-17-19-41-35-36-55(60(58(41)52)63-59(53)54)49-38-40-57(51-31-16-14-29-47(49)51)62(44-24-9-3-10-25-44)45-26-11-4-12-27-45/h1-40H. The van der Waals surface area contributed by atoms with Crippen molar-refractivity contribution in [3.63, 3.8) is 0 Å². The Kier molecular flexibility index (Phi) is 8.83. The highest BCUT2D eigenvalue weighted by atomic mass is 16.5. The molecule has 0 unspecified atom stereocenters. The quantitative estimate of drug-likeness (QED) is 0.152. The van der Waals surface area contributed by atoms with Crippen LogP contribution in [0, 0.1) is 0 Å². The number of fused-ring (bicyclic) bond motifs is 4. The SMILES string of the molecule is c1ccc(N(c2ccccc2)c2ccc(-c3cccc4c3Oc3c(-c5ccc(N(c6ccccc6)c6ccccc6)c6ccccc56)ccc5cccc-4c35)c3ccccc23)cc1. The number of rotatable bonds is 8. The normalized spacial score (nSPS) is 11.6. The summed E-state index contributed by atoms with van der Waals surface area (Å²) in [5.74, 6) is 1.75. The number of benzene rings is 11. The minimum absolute atomic E-state index is 0.867. The highest BCUT2D eigenvalue weighted by molar-refractivity contribution is 6.14. The third-order valence-electron chi connectivity index (χ3n) is 12.4. The molecule has 0 saturated carbocycles. The van der Waals surface area contributed by atoms with E-state index in [4.69, 9.17) is 4.74 Å². The van der Waals surface area contributed by atoms with E-state index in [-0.39, 0.29) is 0 Å². The Bertz CT molecular complexity index is 3400. The van der Waals surface area contributed by atoms with Crippen molar-refractivity contribution in [3.05, 3.63) is 243 Å². The molecule has 0 amide bonds. The van der Waals surface area contributed by atoms with Crippen LogP contribution in [0.4, 0.5) is 34.1 Å². The van der Waals surface area contributed by atoms with E-state index in [0.717, 1.165) is 106 Å². The van der Waals surface area contributed by atoms with Gasteiger partial charge in [0.25, 0.3) is 0 Å². The van der Waals surface area contributed by atoms with Gasteiger partial charge < -0.3 is 14.5 Å². The van der Waals surface area contributed by atoms with Gasteiger partial charge >= 0.3 is 0 Å². The zero-order chi connectivity index (χ0) is 41.7. The highest BCUT2D eigenvalue weighted by Gasteiger charge is 2.28. The first-order valence-corrected chi connectivity index (χ1v) is 21.5. The van der Waals surface area contributed by atoms with Crippen LogP contribution >= 0.6 is 0 Å². The predicted octanol–water partition coefficient (Wildman–Crippen LogP) is 17.2. The van der Waals surface area contributed by atoms with E-state index in [9.17, 15) is 0 Å². The summed E-state index contributed by atoms with van der Waals surface area (Å²) in [5, 5.41) is 6.91. The van der Waals surface area contributed by atoms with Crippen LogP contribution in [0.25, 0.3) is 65.7 Å². The summed E-state index contributed by atoms with van der Waals surface area (Å²) in [6, 6.07) is 86.8. The molecule has 63 heavy (non-hydrogen) atoms. The first-order valence-electron chi connectivity index (χ1n) is 21.5. The molecule has 0 bridgehead atoms. The zero-order valence-corrected chi connectivity index (χ0v) is 34.4. The molecular weight excluding hydrogens is 765 g/mol. The molecular formula is C60H40N2O. The van der Waals surface area contributed by atoms with Crippen LogP contribution in [0.3, 0.4) is 0 Å². The summed E-state index contributed by atoms with van der Waals surface area (Å²) in [6.07, 6.45) is 0. The number of ether oxygens (including phenoxy) is 1. The third kappa shape index (κ3) is 6.13. The molecule has 1 aliphatic rings. The summed E-state index contributed by atoms with van der Waals surface area (Å²) < 4.78 is 7.43. The Morgan fingerprint density at radius 3 is 1.08 bits per heavy atom. The molecule has 0 aromatic heterocycles. The van der Waals surface area contributed by atoms with E-state index < -0.39 is 0 Å². The van der Waals surface area contributed by atoms with Crippen molar-refractivity contribution in [2.24, 2.45) is 0 Å². The monoisotopic (exact) mass is 804 g/mol. The average molecular weight is 805 g/mol. The van der Waals surface area contributed by atoms with Gasteiger partial charge in [0.2, 0.25) is 0 Å². The van der Waals surface area contributed by atoms with Crippen LogP contribution in [0.1, 0.15) is 0 Å². The lowest BCUT2D eigenvalue weighted by atomic mass is 9.87. The summed E-state index contributed by atoms with van der Waals surface area (Å²) in [4.78, 5) is 4.70. The number of hydrogen-bond donors (Lipinski definition) is 0. The Balaban J connectivity index is 1.03. The van der Waals surface area contributed by atoms with Gasteiger partial charge in [-0.15, -0.1) is 0 Å². The van der Waals surface area contributed by atoms with E-state index in [1.807, 2.05) is 0 Å². The fourth-order valence-electron chi connectivity index (χ4n) is 9.65. The van der Waals surface area contributed by atoms with Gasteiger partial charge in [0.15, 0.2) is 0 Å². The van der Waals surface area contributed by atoms with Crippen LogP contribution < -0.4 is 14.5 Å². The fourth-order valence-corrected chi connectivity index (χ4v) is 9.65. The van der Waals surface area contributed by atoms with Crippen molar-refractivity contribution >= 4 is 66.4 Å². The molecule has 0 fully saturated rings. The lowest BCUT2D eigenvalue weighted by Crippen LogP contribution is -2.10. The molecule has 0 N–H and O–H groups in total. The molecule has 3 nitrogen and oxygen atoms in total. The van der Waals surface area contributed by atoms with Crippen molar-refractivity contribution in [2.75, 3.05) is 9.80 Å². The van der Waals surface area contributed by atoms with Gasteiger partial charge in [0.05, 0.1) is 11.4 Å². The van der Waals surface area contributed by atoms with Gasteiger partial charge in [0.1, 0.15) is 11.5 Å². The maximum Gasteiger partial charge on any atom is 0.143 e. The van der Waals surface area contributed by atoms with Gasteiger partial charge in [-0.1, -0.05) is 176 Å². The van der Waals surface area contributed by atoms with Crippen LogP contribution in [0.2, 0.25) is 0 Å².